The minimum Gasteiger partial charge on any atom is -0.546 e. The monoisotopic (exact) mass is 358 g/mol. The van der Waals surface area contributed by atoms with Crippen LogP contribution in [0.25, 0.3) is 22.2 Å². The van der Waals surface area contributed by atoms with Gasteiger partial charge in [0.15, 0.2) is 5.58 Å². The van der Waals surface area contributed by atoms with Crippen molar-refractivity contribution in [3.8, 4) is 17.0 Å². The van der Waals surface area contributed by atoms with Crippen molar-refractivity contribution in [3.63, 3.8) is 0 Å². The number of carbonyl (C=O) groups is 1. The van der Waals surface area contributed by atoms with Crippen LogP contribution in [0.1, 0.15) is 26.7 Å². The third-order valence-electron chi connectivity index (χ3n) is 4.39. The molecule has 3 rings (SSSR count). The van der Waals surface area contributed by atoms with E-state index < -0.39 is 11.6 Å². The molecule has 1 aromatic heterocycles. The SMILES string of the molecule is CCC(CC)(Oc1ccc2c(-c3ccc(Cl)cc3)noc2c1)C(=O)[O-]. The highest BCUT2D eigenvalue weighted by molar-refractivity contribution is 6.30. The van der Waals surface area contributed by atoms with Crippen LogP contribution in [0.15, 0.2) is 47.0 Å². The van der Waals surface area contributed by atoms with Gasteiger partial charge in [0.25, 0.3) is 0 Å². The number of benzene rings is 2. The lowest BCUT2D eigenvalue weighted by Crippen LogP contribution is -2.51. The molecule has 0 aliphatic carbocycles. The lowest BCUT2D eigenvalue weighted by atomic mass is 9.97. The zero-order chi connectivity index (χ0) is 18.0. The van der Waals surface area contributed by atoms with Crippen LogP contribution in [0.4, 0.5) is 0 Å². The number of aromatic nitrogens is 1. The van der Waals surface area contributed by atoms with Gasteiger partial charge in [0.05, 0.1) is 5.97 Å². The zero-order valence-electron chi connectivity index (χ0n) is 13.9. The van der Waals surface area contributed by atoms with Crippen LogP contribution >= 0.6 is 11.6 Å². The standard InChI is InChI=1S/C19H18ClNO4/c1-3-19(4-2,18(22)23)24-14-9-10-15-16(11-14)25-21-17(15)12-5-7-13(20)8-6-12/h5-11H,3-4H2,1-2H3,(H,22,23)/p-1. The Kier molecular flexibility index (Phi) is 4.68. The molecule has 130 valence electrons. The smallest absolute Gasteiger partial charge is 0.171 e. The summed E-state index contributed by atoms with van der Waals surface area (Å²) >= 11 is 5.91. The van der Waals surface area contributed by atoms with Gasteiger partial charge >= 0.3 is 0 Å². The number of halogens is 1. The molecular formula is C19H17ClNO4-. The highest BCUT2D eigenvalue weighted by Crippen LogP contribution is 2.33. The maximum atomic E-state index is 11.5. The van der Waals surface area contributed by atoms with Gasteiger partial charge < -0.3 is 19.2 Å². The summed E-state index contributed by atoms with van der Waals surface area (Å²) in [6.45, 7) is 3.51. The van der Waals surface area contributed by atoms with Crippen LogP contribution in [0, 0.1) is 0 Å². The van der Waals surface area contributed by atoms with E-state index in [0.29, 0.717) is 34.9 Å². The first-order valence-corrected chi connectivity index (χ1v) is 8.42. The first-order chi connectivity index (χ1) is 12.0. The fourth-order valence-corrected chi connectivity index (χ4v) is 2.87. The van der Waals surface area contributed by atoms with Gasteiger partial charge in [0, 0.05) is 22.0 Å². The van der Waals surface area contributed by atoms with E-state index in [9.17, 15) is 9.90 Å². The molecule has 5 nitrogen and oxygen atoms in total. The summed E-state index contributed by atoms with van der Waals surface area (Å²) in [5, 5.41) is 17.0. The molecule has 0 saturated heterocycles. The van der Waals surface area contributed by atoms with Gasteiger partial charge in [-0.25, -0.2) is 0 Å². The van der Waals surface area contributed by atoms with Crippen molar-refractivity contribution in [2.45, 2.75) is 32.3 Å². The Hall–Kier alpha value is -2.53. The van der Waals surface area contributed by atoms with Gasteiger partial charge in [-0.15, -0.1) is 0 Å². The highest BCUT2D eigenvalue weighted by Gasteiger charge is 2.30. The topological polar surface area (TPSA) is 75.4 Å². The Balaban J connectivity index is 1.97. The molecule has 0 bridgehead atoms. The predicted octanol–water partition coefficient (Wildman–Crippen LogP) is 3.84. The first kappa shape index (κ1) is 17.3. The number of carboxylic acid groups (broad SMARTS) is 1. The molecule has 0 fully saturated rings. The molecule has 0 spiro atoms. The molecule has 0 amide bonds. The molecule has 0 atom stereocenters. The van der Waals surface area contributed by atoms with Gasteiger partial charge in [-0.05, 0) is 37.1 Å². The number of rotatable bonds is 6. The second kappa shape index (κ2) is 6.76. The molecule has 0 radical (unpaired) electrons. The molecule has 0 saturated carbocycles. The third-order valence-corrected chi connectivity index (χ3v) is 4.64. The van der Waals surface area contributed by atoms with Gasteiger partial charge in [0.1, 0.15) is 17.0 Å². The Labute approximate surface area is 150 Å². The highest BCUT2D eigenvalue weighted by atomic mass is 35.5. The quantitative estimate of drug-likeness (QED) is 0.669. The summed E-state index contributed by atoms with van der Waals surface area (Å²) in [5.74, 6) is -0.823. The molecule has 1 heterocycles. The summed E-state index contributed by atoms with van der Waals surface area (Å²) in [4.78, 5) is 11.5. The lowest BCUT2D eigenvalue weighted by Gasteiger charge is -2.33. The van der Waals surface area contributed by atoms with E-state index in [1.54, 1.807) is 44.2 Å². The summed E-state index contributed by atoms with van der Waals surface area (Å²) in [6, 6.07) is 12.4. The Bertz CT molecular complexity index is 897. The molecule has 0 aliphatic heterocycles. The van der Waals surface area contributed by atoms with Gasteiger partial charge in [-0.1, -0.05) is 42.7 Å². The van der Waals surface area contributed by atoms with Crippen molar-refractivity contribution < 1.29 is 19.2 Å². The van der Waals surface area contributed by atoms with Gasteiger partial charge in [0.2, 0.25) is 0 Å². The van der Waals surface area contributed by atoms with Crippen molar-refractivity contribution in [1.29, 1.82) is 0 Å². The lowest BCUT2D eigenvalue weighted by molar-refractivity contribution is -0.323. The second-order valence-electron chi connectivity index (χ2n) is 5.79. The first-order valence-electron chi connectivity index (χ1n) is 8.05. The van der Waals surface area contributed by atoms with Crippen LogP contribution in [-0.4, -0.2) is 16.7 Å². The van der Waals surface area contributed by atoms with Crippen molar-refractivity contribution >= 4 is 28.5 Å². The van der Waals surface area contributed by atoms with E-state index in [4.69, 9.17) is 20.9 Å². The van der Waals surface area contributed by atoms with Crippen LogP contribution in [0.2, 0.25) is 5.02 Å². The average Bonchev–Trinajstić information content (AvgIpc) is 3.03. The number of carbonyl (C=O) groups excluding carboxylic acids is 1. The van der Waals surface area contributed by atoms with Gasteiger partial charge in [-0.3, -0.25) is 0 Å². The predicted molar refractivity (Wildman–Crippen MR) is 93.4 cm³/mol. The molecule has 2 aromatic carbocycles. The molecule has 0 aliphatic rings. The minimum atomic E-state index is -1.35. The number of hydrogen-bond acceptors (Lipinski definition) is 5. The molecule has 3 aromatic rings. The van der Waals surface area contributed by atoms with Crippen LogP contribution in [0.5, 0.6) is 5.75 Å². The third kappa shape index (κ3) is 3.20. The van der Waals surface area contributed by atoms with Crippen molar-refractivity contribution in [2.24, 2.45) is 0 Å². The van der Waals surface area contributed by atoms with Crippen molar-refractivity contribution in [2.75, 3.05) is 0 Å². The van der Waals surface area contributed by atoms with E-state index >= 15 is 0 Å². The van der Waals surface area contributed by atoms with Crippen LogP contribution in [-0.2, 0) is 4.79 Å². The summed E-state index contributed by atoms with van der Waals surface area (Å²) < 4.78 is 11.1. The fourth-order valence-electron chi connectivity index (χ4n) is 2.75. The number of ether oxygens (including phenoxy) is 1. The van der Waals surface area contributed by atoms with E-state index in [2.05, 4.69) is 5.16 Å². The number of aliphatic carboxylic acids is 1. The minimum absolute atomic E-state index is 0.302. The van der Waals surface area contributed by atoms with E-state index in [1.165, 1.54) is 0 Å². The summed E-state index contributed by atoms with van der Waals surface area (Å²) in [5.41, 5.74) is 0.729. The number of fused-ring (bicyclic) bond motifs is 1. The fraction of sp³-hybridized carbons (Fsp3) is 0.263. The summed E-state index contributed by atoms with van der Waals surface area (Å²) in [6.07, 6.45) is 0.604. The van der Waals surface area contributed by atoms with E-state index in [-0.39, 0.29) is 0 Å². The van der Waals surface area contributed by atoms with Crippen molar-refractivity contribution in [3.05, 3.63) is 47.5 Å². The number of carboxylic acids is 1. The van der Waals surface area contributed by atoms with Gasteiger partial charge in [-0.2, -0.15) is 0 Å². The maximum absolute atomic E-state index is 11.5. The molecule has 0 unspecified atom stereocenters. The Morgan fingerprint density at radius 1 is 1.20 bits per heavy atom. The normalized spacial score (nSPS) is 11.6. The van der Waals surface area contributed by atoms with E-state index in [1.807, 2.05) is 12.1 Å². The maximum Gasteiger partial charge on any atom is 0.171 e. The average molecular weight is 359 g/mol. The Morgan fingerprint density at radius 3 is 2.48 bits per heavy atom. The van der Waals surface area contributed by atoms with Crippen LogP contribution < -0.4 is 9.84 Å². The molecule has 0 N–H and O–H groups in total. The number of nitrogens with zero attached hydrogens (tertiary/aromatic N) is 1. The summed E-state index contributed by atoms with van der Waals surface area (Å²) in [7, 11) is 0. The van der Waals surface area contributed by atoms with Crippen molar-refractivity contribution in [1.82, 2.24) is 5.16 Å². The Morgan fingerprint density at radius 2 is 1.88 bits per heavy atom. The van der Waals surface area contributed by atoms with Crippen LogP contribution in [0.3, 0.4) is 0 Å². The van der Waals surface area contributed by atoms with E-state index in [0.717, 1.165) is 10.9 Å². The molecular weight excluding hydrogens is 342 g/mol. The number of hydrogen-bond donors (Lipinski definition) is 0. The molecule has 25 heavy (non-hydrogen) atoms. The molecule has 6 heteroatoms. The second-order valence-corrected chi connectivity index (χ2v) is 6.22. The largest absolute Gasteiger partial charge is 0.546 e. The zero-order valence-corrected chi connectivity index (χ0v) is 14.7.